The van der Waals surface area contributed by atoms with E-state index in [-0.39, 0.29) is 0 Å². The lowest BCUT2D eigenvalue weighted by Gasteiger charge is -2.11. The minimum atomic E-state index is 0.862. The molecule has 0 N–H and O–H groups in total. The van der Waals surface area contributed by atoms with Crippen molar-refractivity contribution in [3.63, 3.8) is 0 Å². The summed E-state index contributed by atoms with van der Waals surface area (Å²) >= 11 is 0. The van der Waals surface area contributed by atoms with Crippen molar-refractivity contribution in [3.8, 4) is 44.6 Å². The van der Waals surface area contributed by atoms with Crippen molar-refractivity contribution in [2.45, 2.75) is 0 Å². The van der Waals surface area contributed by atoms with Gasteiger partial charge in [0, 0.05) is 32.7 Å². The summed E-state index contributed by atoms with van der Waals surface area (Å²) < 4.78 is 6.31. The van der Waals surface area contributed by atoms with Crippen molar-refractivity contribution in [3.05, 3.63) is 170 Å². The van der Waals surface area contributed by atoms with Crippen LogP contribution in [-0.4, -0.2) is 9.97 Å². The van der Waals surface area contributed by atoms with Crippen molar-refractivity contribution in [1.82, 2.24) is 9.97 Å². The number of furan rings is 1. The largest absolute Gasteiger partial charge is 0.455 e. The van der Waals surface area contributed by atoms with E-state index in [2.05, 4.69) is 152 Å². The van der Waals surface area contributed by atoms with E-state index in [1.165, 1.54) is 16.3 Å². The molecule has 0 atom stereocenters. The van der Waals surface area contributed by atoms with Gasteiger partial charge in [0.15, 0.2) is 0 Å². The minimum absolute atomic E-state index is 0.862. The van der Waals surface area contributed by atoms with Crippen LogP contribution in [0.5, 0.6) is 0 Å². The average molecular weight is 625 g/mol. The Balaban J connectivity index is 1.00. The second-order valence-corrected chi connectivity index (χ2v) is 12.6. The molecule has 0 amide bonds. The van der Waals surface area contributed by atoms with Crippen LogP contribution in [0, 0.1) is 0 Å². The van der Waals surface area contributed by atoms with E-state index in [4.69, 9.17) is 14.4 Å². The van der Waals surface area contributed by atoms with E-state index < -0.39 is 0 Å². The van der Waals surface area contributed by atoms with Crippen LogP contribution in [0.25, 0.3) is 99.2 Å². The van der Waals surface area contributed by atoms with Crippen LogP contribution < -0.4 is 0 Å². The molecule has 0 fully saturated rings. The van der Waals surface area contributed by atoms with Crippen molar-refractivity contribution in [2.75, 3.05) is 0 Å². The summed E-state index contributed by atoms with van der Waals surface area (Å²) in [5.41, 5.74) is 12.5. The maximum Gasteiger partial charge on any atom is 0.143 e. The highest BCUT2D eigenvalue weighted by atomic mass is 16.3. The molecule has 0 saturated carbocycles. The van der Waals surface area contributed by atoms with E-state index in [9.17, 15) is 0 Å². The first-order chi connectivity index (χ1) is 24.3. The Morgan fingerprint density at radius 2 is 0.898 bits per heavy atom. The Morgan fingerprint density at radius 1 is 0.367 bits per heavy atom. The Bertz CT molecular complexity index is 2850. The summed E-state index contributed by atoms with van der Waals surface area (Å²) in [4.78, 5) is 10.2. The van der Waals surface area contributed by atoms with Gasteiger partial charge in [0.05, 0.1) is 22.9 Å². The van der Waals surface area contributed by atoms with Crippen LogP contribution in [0.3, 0.4) is 0 Å². The molecule has 49 heavy (non-hydrogen) atoms. The Morgan fingerprint density at radius 3 is 1.63 bits per heavy atom. The van der Waals surface area contributed by atoms with Crippen LogP contribution in [-0.2, 0) is 0 Å². The summed E-state index contributed by atoms with van der Waals surface area (Å²) in [6.45, 7) is 0. The molecule has 3 nitrogen and oxygen atoms in total. The fraction of sp³-hybridized carbons (Fsp3) is 0. The van der Waals surface area contributed by atoms with E-state index in [0.717, 1.165) is 82.8 Å². The highest BCUT2D eigenvalue weighted by molar-refractivity contribution is 6.23. The van der Waals surface area contributed by atoms with Gasteiger partial charge >= 0.3 is 0 Å². The van der Waals surface area contributed by atoms with Crippen molar-refractivity contribution < 1.29 is 4.42 Å². The summed E-state index contributed by atoms with van der Waals surface area (Å²) in [5.74, 6) is 0. The van der Waals surface area contributed by atoms with Gasteiger partial charge in [-0.1, -0.05) is 146 Å². The van der Waals surface area contributed by atoms with Gasteiger partial charge in [-0.25, -0.2) is 4.98 Å². The normalized spacial score (nSPS) is 11.7. The molecule has 2 aromatic heterocycles. The van der Waals surface area contributed by atoms with Crippen molar-refractivity contribution >= 4 is 54.5 Å². The standard InChI is InChI=1S/C46H28N2O/c1-3-17-39-36(14-1)37-15-2-4-18-40(37)45-44(39)47-28-42(48-45)34-13-8-12-33(27-34)32-11-7-10-31(26-32)29-22-24-30(25-23-29)35-19-9-20-41-38-16-5-6-21-43(38)49-46(35)41/h1-28H. The summed E-state index contributed by atoms with van der Waals surface area (Å²) in [6, 6.07) is 57.7. The third kappa shape index (κ3) is 4.51. The molecule has 0 aliphatic rings. The quantitative estimate of drug-likeness (QED) is 0.183. The molecular weight excluding hydrogens is 597 g/mol. The van der Waals surface area contributed by atoms with Crippen molar-refractivity contribution in [2.24, 2.45) is 0 Å². The van der Waals surface area contributed by atoms with Crippen LogP contribution in [0.1, 0.15) is 0 Å². The van der Waals surface area contributed by atoms with Crippen LogP contribution in [0.2, 0.25) is 0 Å². The van der Waals surface area contributed by atoms with Gasteiger partial charge in [0.1, 0.15) is 11.2 Å². The molecule has 0 aliphatic carbocycles. The molecule has 0 aliphatic heterocycles. The lowest BCUT2D eigenvalue weighted by Crippen LogP contribution is -1.92. The first-order valence-corrected chi connectivity index (χ1v) is 16.6. The number of rotatable bonds is 4. The third-order valence-corrected chi connectivity index (χ3v) is 9.71. The highest BCUT2D eigenvalue weighted by Crippen LogP contribution is 2.38. The predicted molar refractivity (Wildman–Crippen MR) is 204 cm³/mol. The maximum absolute atomic E-state index is 6.31. The van der Waals surface area contributed by atoms with Gasteiger partial charge in [0.2, 0.25) is 0 Å². The lowest BCUT2D eigenvalue weighted by molar-refractivity contribution is 0.670. The van der Waals surface area contributed by atoms with Crippen LogP contribution in [0.15, 0.2) is 174 Å². The van der Waals surface area contributed by atoms with Gasteiger partial charge in [-0.05, 0) is 56.8 Å². The summed E-state index contributed by atoms with van der Waals surface area (Å²) in [7, 11) is 0. The van der Waals surface area contributed by atoms with E-state index in [1.807, 2.05) is 18.3 Å². The fourth-order valence-electron chi connectivity index (χ4n) is 7.32. The van der Waals surface area contributed by atoms with Gasteiger partial charge in [-0.15, -0.1) is 0 Å². The first-order valence-electron chi connectivity index (χ1n) is 16.6. The van der Waals surface area contributed by atoms with Crippen LogP contribution >= 0.6 is 0 Å². The molecule has 8 aromatic carbocycles. The predicted octanol–water partition coefficient (Wildman–Crippen LogP) is 12.5. The van der Waals surface area contributed by atoms with E-state index in [0.29, 0.717) is 0 Å². The fourth-order valence-corrected chi connectivity index (χ4v) is 7.32. The monoisotopic (exact) mass is 624 g/mol. The number of fused-ring (bicyclic) bond motifs is 9. The molecule has 2 heterocycles. The molecule has 0 unspecified atom stereocenters. The number of nitrogens with zero attached hydrogens (tertiary/aromatic N) is 2. The lowest BCUT2D eigenvalue weighted by atomic mass is 9.95. The van der Waals surface area contributed by atoms with Gasteiger partial charge < -0.3 is 4.42 Å². The van der Waals surface area contributed by atoms with Gasteiger partial charge in [0.25, 0.3) is 0 Å². The number of aromatic nitrogens is 2. The third-order valence-electron chi connectivity index (χ3n) is 9.71. The van der Waals surface area contributed by atoms with Gasteiger partial charge in [-0.3, -0.25) is 4.98 Å². The average Bonchev–Trinajstić information content (AvgIpc) is 3.57. The van der Waals surface area contributed by atoms with E-state index >= 15 is 0 Å². The molecule has 228 valence electrons. The first kappa shape index (κ1) is 27.5. The van der Waals surface area contributed by atoms with Gasteiger partial charge in [-0.2, -0.15) is 0 Å². The molecule has 0 saturated heterocycles. The molecule has 10 aromatic rings. The topological polar surface area (TPSA) is 38.9 Å². The summed E-state index contributed by atoms with van der Waals surface area (Å²) in [6.07, 6.45) is 1.91. The van der Waals surface area contributed by atoms with E-state index in [1.54, 1.807) is 0 Å². The smallest absolute Gasteiger partial charge is 0.143 e. The Labute approximate surface area is 282 Å². The molecular formula is C46H28N2O. The molecule has 0 bridgehead atoms. The second-order valence-electron chi connectivity index (χ2n) is 12.6. The second kappa shape index (κ2) is 11.0. The summed E-state index contributed by atoms with van der Waals surface area (Å²) in [5, 5.41) is 6.93. The SMILES string of the molecule is c1cc(-c2ccc(-c3cccc4c3oc3ccccc34)cc2)cc(-c2cccc(-c3cnc4c5ccccc5c5ccccc5c4n3)c2)c1. The molecule has 10 rings (SSSR count). The Kier molecular flexibility index (Phi) is 6.18. The zero-order chi connectivity index (χ0) is 32.3. The number of hydrogen-bond donors (Lipinski definition) is 0. The molecule has 0 spiro atoms. The molecule has 0 radical (unpaired) electrons. The molecule has 3 heteroatoms. The van der Waals surface area contributed by atoms with Crippen molar-refractivity contribution in [1.29, 1.82) is 0 Å². The number of hydrogen-bond acceptors (Lipinski definition) is 3. The zero-order valence-electron chi connectivity index (χ0n) is 26.5. The highest BCUT2D eigenvalue weighted by Gasteiger charge is 2.14. The Hall–Kier alpha value is -6.58. The van der Waals surface area contributed by atoms with Crippen LogP contribution in [0.4, 0.5) is 0 Å². The minimum Gasteiger partial charge on any atom is -0.455 e. The zero-order valence-corrected chi connectivity index (χ0v) is 26.5. The number of para-hydroxylation sites is 2. The number of benzene rings is 8. The maximum atomic E-state index is 6.31.